The van der Waals surface area contributed by atoms with Crippen LogP contribution in [0.3, 0.4) is 0 Å². The predicted molar refractivity (Wildman–Crippen MR) is 83.9 cm³/mol. The quantitative estimate of drug-likeness (QED) is 0.434. The largest absolute Gasteiger partial charge is 0.490 e. The second-order valence-electron chi connectivity index (χ2n) is 5.16. The minimum absolute atomic E-state index is 0.0632. The van der Waals surface area contributed by atoms with Gasteiger partial charge in [-0.2, -0.15) is 0 Å². The van der Waals surface area contributed by atoms with Gasteiger partial charge in [-0.1, -0.05) is 11.6 Å². The lowest BCUT2D eigenvalue weighted by atomic mass is 10.1. The summed E-state index contributed by atoms with van der Waals surface area (Å²) in [5, 5.41) is 0.234. The lowest BCUT2D eigenvalue weighted by Gasteiger charge is -2.17. The van der Waals surface area contributed by atoms with Crippen LogP contribution in [0.2, 0.25) is 5.02 Å². The van der Waals surface area contributed by atoms with Gasteiger partial charge in [0.15, 0.2) is 0 Å². The van der Waals surface area contributed by atoms with Crippen molar-refractivity contribution in [2.24, 2.45) is 0 Å². The molecule has 0 aliphatic heterocycles. The molecule has 0 saturated heterocycles. The third-order valence-electron chi connectivity index (χ3n) is 2.46. The van der Waals surface area contributed by atoms with Crippen molar-refractivity contribution in [3.8, 4) is 11.5 Å². The Labute approximate surface area is 135 Å². The minimum atomic E-state index is -0.940. The van der Waals surface area contributed by atoms with Crippen LogP contribution in [0.15, 0.2) is 12.1 Å². The van der Waals surface area contributed by atoms with E-state index in [0.717, 1.165) is 0 Å². The zero-order chi connectivity index (χ0) is 16.9. The normalized spacial score (nSPS) is 10.7. The third kappa shape index (κ3) is 4.91. The number of halogens is 1. The van der Waals surface area contributed by atoms with E-state index in [2.05, 4.69) is 0 Å². The highest BCUT2D eigenvalue weighted by Crippen LogP contribution is 2.34. The van der Waals surface area contributed by atoms with Gasteiger partial charge in [0.2, 0.25) is 0 Å². The van der Waals surface area contributed by atoms with Gasteiger partial charge in [-0.3, -0.25) is 4.79 Å². The maximum absolute atomic E-state index is 12.2. The maximum Gasteiger partial charge on any atom is 0.379 e. The van der Waals surface area contributed by atoms with E-state index in [1.807, 2.05) is 27.7 Å². The fourth-order valence-electron chi connectivity index (χ4n) is 1.71. The number of esters is 1. The van der Waals surface area contributed by atoms with E-state index in [4.69, 9.17) is 25.8 Å². The molecule has 0 aliphatic rings. The van der Waals surface area contributed by atoms with Crippen LogP contribution in [0.4, 0.5) is 0 Å². The molecule has 0 atom stereocenters. The topological polar surface area (TPSA) is 61.8 Å². The van der Waals surface area contributed by atoms with E-state index in [9.17, 15) is 9.59 Å². The van der Waals surface area contributed by atoms with Crippen molar-refractivity contribution in [1.82, 2.24) is 0 Å². The van der Waals surface area contributed by atoms with Crippen molar-refractivity contribution in [3.63, 3.8) is 0 Å². The summed E-state index contributed by atoms with van der Waals surface area (Å²) in [7, 11) is 0. The molecule has 0 unspecified atom stereocenters. The van der Waals surface area contributed by atoms with E-state index in [-0.39, 0.29) is 35.2 Å². The second kappa shape index (κ2) is 8.03. The molecule has 0 radical (unpaired) electrons. The Morgan fingerprint density at radius 1 is 1.05 bits per heavy atom. The first-order valence-corrected chi connectivity index (χ1v) is 7.52. The molecule has 1 aromatic rings. The van der Waals surface area contributed by atoms with Crippen molar-refractivity contribution < 1.29 is 23.8 Å². The van der Waals surface area contributed by atoms with Crippen molar-refractivity contribution in [1.29, 1.82) is 0 Å². The Bertz CT molecular complexity index is 552. The molecule has 0 N–H and O–H groups in total. The molecule has 5 nitrogen and oxygen atoms in total. The van der Waals surface area contributed by atoms with Gasteiger partial charge in [-0.05, 0) is 40.7 Å². The van der Waals surface area contributed by atoms with Crippen molar-refractivity contribution in [2.75, 3.05) is 6.61 Å². The SMILES string of the molecule is CCOC(=O)C(=O)c1cc(Cl)c(OC(C)C)cc1OC(C)C. The van der Waals surface area contributed by atoms with Crippen LogP contribution in [0.25, 0.3) is 0 Å². The molecule has 0 bridgehead atoms. The number of hydrogen-bond donors (Lipinski definition) is 0. The van der Waals surface area contributed by atoms with Gasteiger partial charge in [0, 0.05) is 6.07 Å². The molecule has 22 heavy (non-hydrogen) atoms. The number of rotatable bonds is 7. The molecule has 1 rings (SSSR count). The number of ketones is 1. The van der Waals surface area contributed by atoms with E-state index in [0.29, 0.717) is 5.75 Å². The number of carbonyl (C=O) groups is 2. The number of benzene rings is 1. The minimum Gasteiger partial charge on any atom is -0.490 e. The van der Waals surface area contributed by atoms with E-state index in [1.165, 1.54) is 12.1 Å². The highest BCUT2D eigenvalue weighted by atomic mass is 35.5. The Balaban J connectivity index is 3.27. The van der Waals surface area contributed by atoms with Gasteiger partial charge in [0.25, 0.3) is 5.78 Å². The Hall–Kier alpha value is -1.75. The van der Waals surface area contributed by atoms with Crippen LogP contribution in [-0.2, 0) is 9.53 Å². The molecule has 1 aromatic carbocycles. The number of Topliss-reactive ketones (excluding diaryl/α,β-unsaturated/α-hetero) is 1. The highest BCUT2D eigenvalue weighted by Gasteiger charge is 2.24. The van der Waals surface area contributed by atoms with E-state index >= 15 is 0 Å². The lowest BCUT2D eigenvalue weighted by molar-refractivity contribution is -0.137. The second-order valence-corrected chi connectivity index (χ2v) is 5.57. The molecule has 0 saturated carbocycles. The standard InChI is InChI=1S/C16H21ClO5/c1-6-20-16(19)15(18)11-7-12(17)14(22-10(4)5)8-13(11)21-9(2)3/h7-10H,6H2,1-5H3. The monoisotopic (exact) mass is 328 g/mol. The van der Waals surface area contributed by atoms with E-state index in [1.54, 1.807) is 6.92 Å². The van der Waals surface area contributed by atoms with Crippen LogP contribution < -0.4 is 9.47 Å². The zero-order valence-electron chi connectivity index (χ0n) is 13.4. The van der Waals surface area contributed by atoms with Crippen LogP contribution in [-0.4, -0.2) is 30.6 Å². The van der Waals surface area contributed by atoms with Gasteiger partial charge in [0.05, 0.1) is 29.4 Å². The summed E-state index contributed by atoms with van der Waals surface area (Å²) in [6.45, 7) is 9.09. The molecule has 0 amide bonds. The Morgan fingerprint density at radius 3 is 2.09 bits per heavy atom. The van der Waals surface area contributed by atoms with Crippen LogP contribution in [0.5, 0.6) is 11.5 Å². The molecular formula is C16H21ClO5. The first-order valence-electron chi connectivity index (χ1n) is 7.14. The van der Waals surface area contributed by atoms with Crippen molar-refractivity contribution in [3.05, 3.63) is 22.7 Å². The zero-order valence-corrected chi connectivity index (χ0v) is 14.2. The first kappa shape index (κ1) is 18.3. The van der Waals surface area contributed by atoms with Gasteiger partial charge in [-0.25, -0.2) is 4.79 Å². The fraction of sp³-hybridized carbons (Fsp3) is 0.500. The summed E-state index contributed by atoms with van der Waals surface area (Å²) in [5.74, 6) is -1.10. The van der Waals surface area contributed by atoms with Crippen LogP contribution in [0.1, 0.15) is 45.0 Å². The number of carbonyl (C=O) groups excluding carboxylic acids is 2. The van der Waals surface area contributed by atoms with Crippen molar-refractivity contribution in [2.45, 2.75) is 46.8 Å². The molecule has 6 heteroatoms. The number of hydrogen-bond acceptors (Lipinski definition) is 5. The average molecular weight is 329 g/mol. The number of ether oxygens (including phenoxy) is 3. The van der Waals surface area contributed by atoms with Gasteiger partial charge >= 0.3 is 5.97 Å². The summed E-state index contributed by atoms with van der Waals surface area (Å²) in [5.41, 5.74) is 0.0632. The summed E-state index contributed by atoms with van der Waals surface area (Å²) >= 11 is 6.12. The molecular weight excluding hydrogens is 308 g/mol. The molecule has 0 spiro atoms. The van der Waals surface area contributed by atoms with Gasteiger partial charge in [0.1, 0.15) is 11.5 Å². The predicted octanol–water partition coefficient (Wildman–Crippen LogP) is 3.66. The molecule has 0 aromatic heterocycles. The maximum atomic E-state index is 12.2. The average Bonchev–Trinajstić information content (AvgIpc) is 2.40. The van der Waals surface area contributed by atoms with Gasteiger partial charge in [-0.15, -0.1) is 0 Å². The summed E-state index contributed by atoms with van der Waals surface area (Å²) in [6, 6.07) is 2.89. The highest BCUT2D eigenvalue weighted by molar-refractivity contribution is 6.42. The van der Waals surface area contributed by atoms with Crippen molar-refractivity contribution >= 4 is 23.4 Å². The van der Waals surface area contributed by atoms with Crippen LogP contribution >= 0.6 is 11.6 Å². The molecule has 122 valence electrons. The molecule has 0 heterocycles. The van der Waals surface area contributed by atoms with Crippen LogP contribution in [0, 0.1) is 0 Å². The molecule has 0 fully saturated rings. The summed E-state index contributed by atoms with van der Waals surface area (Å²) in [4.78, 5) is 23.8. The lowest BCUT2D eigenvalue weighted by Crippen LogP contribution is -2.20. The van der Waals surface area contributed by atoms with Gasteiger partial charge < -0.3 is 14.2 Å². The van der Waals surface area contributed by atoms with E-state index < -0.39 is 11.8 Å². The first-order chi connectivity index (χ1) is 10.3. The summed E-state index contributed by atoms with van der Waals surface area (Å²) in [6.07, 6.45) is -0.266. The molecule has 0 aliphatic carbocycles. The fourth-order valence-corrected chi connectivity index (χ4v) is 1.92. The Morgan fingerprint density at radius 2 is 1.59 bits per heavy atom. The smallest absolute Gasteiger partial charge is 0.379 e. The summed E-state index contributed by atoms with van der Waals surface area (Å²) < 4.78 is 15.9. The third-order valence-corrected chi connectivity index (χ3v) is 2.76. The Kier molecular flexibility index (Phi) is 6.68.